The lowest BCUT2D eigenvalue weighted by Crippen LogP contribution is -2.49. The summed E-state index contributed by atoms with van der Waals surface area (Å²) in [6.07, 6.45) is 11.0. The summed E-state index contributed by atoms with van der Waals surface area (Å²) < 4.78 is 0. The lowest BCUT2D eigenvalue weighted by Gasteiger charge is -2.41. The van der Waals surface area contributed by atoms with Crippen molar-refractivity contribution >= 4 is 5.91 Å². The topological polar surface area (TPSA) is 32.3 Å². The molecule has 3 rings (SSSR count). The van der Waals surface area contributed by atoms with Crippen LogP contribution in [0.2, 0.25) is 0 Å². The number of nitrogens with zero attached hydrogens (tertiary/aromatic N) is 1. The van der Waals surface area contributed by atoms with Crippen molar-refractivity contribution in [3.8, 4) is 0 Å². The summed E-state index contributed by atoms with van der Waals surface area (Å²) in [5.74, 6) is 1.23. The largest absolute Gasteiger partial charge is 0.339 e. The number of amides is 1. The molecule has 3 heteroatoms. The highest BCUT2D eigenvalue weighted by Crippen LogP contribution is 2.40. The zero-order chi connectivity index (χ0) is 14.0. The highest BCUT2D eigenvalue weighted by Gasteiger charge is 2.43. The van der Waals surface area contributed by atoms with E-state index < -0.39 is 0 Å². The van der Waals surface area contributed by atoms with E-state index in [4.69, 9.17) is 0 Å². The molecule has 3 fully saturated rings. The third kappa shape index (κ3) is 2.74. The molecule has 2 heterocycles. The van der Waals surface area contributed by atoms with E-state index in [0.717, 1.165) is 38.4 Å². The Kier molecular flexibility index (Phi) is 4.34. The quantitative estimate of drug-likeness (QED) is 0.842. The first-order valence-corrected chi connectivity index (χ1v) is 8.72. The molecule has 2 saturated heterocycles. The molecular weight excluding hydrogens is 248 g/mol. The van der Waals surface area contributed by atoms with Crippen molar-refractivity contribution in [2.75, 3.05) is 19.6 Å². The van der Waals surface area contributed by atoms with Crippen LogP contribution in [-0.2, 0) is 4.79 Å². The fourth-order valence-corrected chi connectivity index (χ4v) is 4.66. The monoisotopic (exact) mass is 278 g/mol. The first-order chi connectivity index (χ1) is 9.71. The third-order valence-corrected chi connectivity index (χ3v) is 5.96. The van der Waals surface area contributed by atoms with E-state index in [-0.39, 0.29) is 5.41 Å². The molecule has 0 spiro atoms. The van der Waals surface area contributed by atoms with E-state index in [2.05, 4.69) is 17.1 Å². The van der Waals surface area contributed by atoms with Crippen molar-refractivity contribution in [1.82, 2.24) is 10.2 Å². The van der Waals surface area contributed by atoms with Gasteiger partial charge in [0.25, 0.3) is 0 Å². The summed E-state index contributed by atoms with van der Waals surface area (Å²) >= 11 is 0. The number of hydrogen-bond donors (Lipinski definition) is 1. The van der Waals surface area contributed by atoms with Crippen LogP contribution in [0.3, 0.4) is 0 Å². The number of piperidine rings is 1. The lowest BCUT2D eigenvalue weighted by atomic mass is 9.74. The Bertz CT molecular complexity index is 343. The summed E-state index contributed by atoms with van der Waals surface area (Å²) in [7, 11) is 0. The van der Waals surface area contributed by atoms with Crippen molar-refractivity contribution in [3.05, 3.63) is 0 Å². The van der Waals surface area contributed by atoms with Gasteiger partial charge in [0.05, 0.1) is 0 Å². The minimum Gasteiger partial charge on any atom is -0.339 e. The molecule has 0 radical (unpaired) electrons. The number of nitrogens with one attached hydrogen (secondary N) is 1. The van der Waals surface area contributed by atoms with Gasteiger partial charge in [0.2, 0.25) is 5.91 Å². The van der Waals surface area contributed by atoms with Gasteiger partial charge >= 0.3 is 0 Å². The van der Waals surface area contributed by atoms with Crippen LogP contribution in [0.1, 0.15) is 64.7 Å². The number of carbonyl (C=O) groups excluding carboxylic acids is 1. The predicted molar refractivity (Wildman–Crippen MR) is 81.5 cm³/mol. The Morgan fingerprint density at radius 2 is 1.75 bits per heavy atom. The van der Waals surface area contributed by atoms with Crippen molar-refractivity contribution in [1.29, 1.82) is 0 Å². The van der Waals surface area contributed by atoms with Crippen molar-refractivity contribution < 1.29 is 4.79 Å². The molecule has 0 aromatic carbocycles. The average Bonchev–Trinajstić information content (AvgIpc) is 2.97. The van der Waals surface area contributed by atoms with Gasteiger partial charge in [-0.25, -0.2) is 0 Å². The van der Waals surface area contributed by atoms with Crippen LogP contribution < -0.4 is 5.32 Å². The normalized spacial score (nSPS) is 31.4. The molecule has 1 saturated carbocycles. The van der Waals surface area contributed by atoms with Crippen LogP contribution in [0.15, 0.2) is 0 Å². The lowest BCUT2D eigenvalue weighted by molar-refractivity contribution is -0.145. The summed E-state index contributed by atoms with van der Waals surface area (Å²) in [6.45, 7) is 5.52. The van der Waals surface area contributed by atoms with Crippen LogP contribution in [0.5, 0.6) is 0 Å². The van der Waals surface area contributed by atoms with Crippen molar-refractivity contribution in [2.45, 2.75) is 70.8 Å². The van der Waals surface area contributed by atoms with E-state index >= 15 is 0 Å². The fourth-order valence-electron chi connectivity index (χ4n) is 4.66. The first-order valence-electron chi connectivity index (χ1n) is 8.72. The predicted octanol–water partition coefficient (Wildman–Crippen LogP) is 2.95. The van der Waals surface area contributed by atoms with Crippen molar-refractivity contribution in [3.63, 3.8) is 0 Å². The average molecular weight is 278 g/mol. The molecule has 0 aromatic rings. The summed E-state index contributed by atoms with van der Waals surface area (Å²) in [6, 6.07) is 0.545. The standard InChI is InChI=1S/C17H30N2O/c1-17(9-3-2-4-10-17)16(20)19-13-5-6-15(19)14-7-11-18-12-8-14/h14-15,18H,2-13H2,1H3. The van der Waals surface area contributed by atoms with E-state index in [1.165, 1.54) is 44.9 Å². The number of rotatable bonds is 2. The van der Waals surface area contributed by atoms with Gasteiger partial charge in [0.1, 0.15) is 0 Å². The summed E-state index contributed by atoms with van der Waals surface area (Å²) in [4.78, 5) is 15.4. The summed E-state index contributed by atoms with van der Waals surface area (Å²) in [5, 5.41) is 3.45. The second kappa shape index (κ2) is 6.05. The maximum atomic E-state index is 13.1. The van der Waals surface area contributed by atoms with Gasteiger partial charge in [0, 0.05) is 18.0 Å². The van der Waals surface area contributed by atoms with Gasteiger partial charge in [0.15, 0.2) is 0 Å². The van der Waals surface area contributed by atoms with E-state index in [1.54, 1.807) is 0 Å². The van der Waals surface area contributed by atoms with E-state index in [1.807, 2.05) is 0 Å². The van der Waals surface area contributed by atoms with Gasteiger partial charge in [-0.1, -0.05) is 26.2 Å². The Morgan fingerprint density at radius 3 is 2.45 bits per heavy atom. The zero-order valence-electron chi connectivity index (χ0n) is 13.0. The van der Waals surface area contributed by atoms with Gasteiger partial charge in [-0.15, -0.1) is 0 Å². The molecule has 20 heavy (non-hydrogen) atoms. The molecule has 1 N–H and O–H groups in total. The minimum atomic E-state index is -0.0479. The molecule has 0 aromatic heterocycles. The zero-order valence-corrected chi connectivity index (χ0v) is 13.0. The molecule has 1 atom stereocenters. The Hall–Kier alpha value is -0.570. The molecule has 2 aliphatic heterocycles. The van der Waals surface area contributed by atoms with Crippen LogP contribution in [0.4, 0.5) is 0 Å². The molecule has 1 unspecified atom stereocenters. The van der Waals surface area contributed by atoms with E-state index in [0.29, 0.717) is 11.9 Å². The Labute approximate surface area is 123 Å². The Balaban J connectivity index is 1.69. The highest BCUT2D eigenvalue weighted by molar-refractivity contribution is 5.83. The molecule has 3 aliphatic rings. The minimum absolute atomic E-state index is 0.0479. The van der Waals surface area contributed by atoms with Gasteiger partial charge in [-0.2, -0.15) is 0 Å². The van der Waals surface area contributed by atoms with Crippen LogP contribution in [0, 0.1) is 11.3 Å². The number of carbonyl (C=O) groups is 1. The SMILES string of the molecule is CC1(C(=O)N2CCCC2C2CCNCC2)CCCCC1. The second-order valence-electron chi connectivity index (χ2n) is 7.42. The molecule has 114 valence electrons. The van der Waals surface area contributed by atoms with Crippen LogP contribution >= 0.6 is 0 Å². The molecular formula is C17H30N2O. The summed E-state index contributed by atoms with van der Waals surface area (Å²) in [5.41, 5.74) is -0.0479. The van der Waals surface area contributed by atoms with Crippen LogP contribution in [-0.4, -0.2) is 36.5 Å². The van der Waals surface area contributed by atoms with Crippen molar-refractivity contribution in [2.24, 2.45) is 11.3 Å². The number of likely N-dealkylation sites (tertiary alicyclic amines) is 1. The van der Waals surface area contributed by atoms with E-state index in [9.17, 15) is 4.79 Å². The molecule has 1 aliphatic carbocycles. The number of hydrogen-bond acceptors (Lipinski definition) is 2. The Morgan fingerprint density at radius 1 is 1.05 bits per heavy atom. The smallest absolute Gasteiger partial charge is 0.228 e. The molecule has 0 bridgehead atoms. The van der Waals surface area contributed by atoms with Gasteiger partial charge < -0.3 is 10.2 Å². The molecule has 3 nitrogen and oxygen atoms in total. The first kappa shape index (κ1) is 14.4. The maximum Gasteiger partial charge on any atom is 0.228 e. The highest BCUT2D eigenvalue weighted by atomic mass is 16.2. The molecule has 1 amide bonds. The van der Waals surface area contributed by atoms with Crippen LogP contribution in [0.25, 0.3) is 0 Å². The fraction of sp³-hybridized carbons (Fsp3) is 0.941. The van der Waals surface area contributed by atoms with Gasteiger partial charge in [-0.3, -0.25) is 4.79 Å². The third-order valence-electron chi connectivity index (χ3n) is 5.96. The maximum absolute atomic E-state index is 13.1. The second-order valence-corrected chi connectivity index (χ2v) is 7.42. The van der Waals surface area contributed by atoms with Gasteiger partial charge in [-0.05, 0) is 57.5 Å².